The van der Waals surface area contributed by atoms with E-state index in [9.17, 15) is 0 Å². The van der Waals surface area contributed by atoms with Crippen molar-refractivity contribution in [3.63, 3.8) is 0 Å². The largest absolute Gasteiger partial charge is 0.309 e. The summed E-state index contributed by atoms with van der Waals surface area (Å²) in [7, 11) is 0. The van der Waals surface area contributed by atoms with E-state index in [1.54, 1.807) is 0 Å². The van der Waals surface area contributed by atoms with Gasteiger partial charge in [-0.3, -0.25) is 4.98 Å². The van der Waals surface area contributed by atoms with Gasteiger partial charge in [0, 0.05) is 44.7 Å². The summed E-state index contributed by atoms with van der Waals surface area (Å²) in [5, 5.41) is 7.43. The zero-order valence-corrected chi connectivity index (χ0v) is 22.8. The van der Waals surface area contributed by atoms with Crippen molar-refractivity contribution in [2.45, 2.75) is 0 Å². The Balaban J connectivity index is 1.41. The van der Waals surface area contributed by atoms with Crippen molar-refractivity contribution in [2.75, 3.05) is 0 Å². The fourth-order valence-electron chi connectivity index (χ4n) is 6.81. The number of rotatable bonds is 3. The second-order valence-corrected chi connectivity index (χ2v) is 10.8. The maximum atomic E-state index is 4.52. The molecule has 3 aromatic heterocycles. The van der Waals surface area contributed by atoms with Gasteiger partial charge in [0.15, 0.2) is 0 Å². The van der Waals surface area contributed by atoms with Crippen LogP contribution in [0.15, 0.2) is 152 Å². The monoisotopic (exact) mass is 535 g/mol. The first-order chi connectivity index (χ1) is 20.9. The molecule has 9 aromatic rings. The summed E-state index contributed by atoms with van der Waals surface area (Å²) in [5.41, 5.74) is 9.43. The number of hydrogen-bond donors (Lipinski definition) is 0. The van der Waals surface area contributed by atoms with Gasteiger partial charge in [-0.15, -0.1) is 0 Å². The average Bonchev–Trinajstić information content (AvgIpc) is 3.58. The van der Waals surface area contributed by atoms with Gasteiger partial charge < -0.3 is 9.13 Å². The third-order valence-corrected chi connectivity index (χ3v) is 8.58. The first-order valence-electron chi connectivity index (χ1n) is 14.3. The van der Waals surface area contributed by atoms with Crippen molar-refractivity contribution >= 4 is 54.4 Å². The van der Waals surface area contributed by atoms with E-state index < -0.39 is 0 Å². The molecule has 0 atom stereocenters. The zero-order chi connectivity index (χ0) is 27.6. The Kier molecular flexibility index (Phi) is 4.90. The van der Waals surface area contributed by atoms with E-state index in [4.69, 9.17) is 0 Å². The summed E-state index contributed by atoms with van der Waals surface area (Å²) in [6, 6.07) is 50.3. The first kappa shape index (κ1) is 23.1. The number of nitrogens with zero attached hydrogens (tertiary/aromatic N) is 3. The van der Waals surface area contributed by atoms with Crippen LogP contribution in [0, 0.1) is 0 Å². The quantitative estimate of drug-likeness (QED) is 0.221. The standard InChI is InChI=1S/C39H25N3/c1-2-12-28(13-3-1)42-37-25-40-23-22-30(37)32-16-8-17-33(39(32)42)31-15-9-19-36-38(31)34-14-6-7-18-35(34)41(36)29-21-20-26-10-4-5-11-27(26)24-29/h1-25H. The molecule has 0 bridgehead atoms. The van der Waals surface area contributed by atoms with Crippen LogP contribution >= 0.6 is 0 Å². The molecule has 0 aliphatic rings. The highest BCUT2D eigenvalue weighted by atomic mass is 15.0. The molecule has 0 amide bonds. The van der Waals surface area contributed by atoms with Crippen LogP contribution in [0.2, 0.25) is 0 Å². The lowest BCUT2D eigenvalue weighted by molar-refractivity contribution is 1.17. The van der Waals surface area contributed by atoms with E-state index in [0.717, 1.165) is 11.2 Å². The zero-order valence-electron chi connectivity index (χ0n) is 22.8. The molecule has 0 aliphatic carbocycles. The minimum absolute atomic E-state index is 1.11. The fraction of sp³-hybridized carbons (Fsp3) is 0. The fourth-order valence-corrected chi connectivity index (χ4v) is 6.81. The van der Waals surface area contributed by atoms with Crippen LogP contribution in [-0.4, -0.2) is 14.1 Å². The highest BCUT2D eigenvalue weighted by Crippen LogP contribution is 2.43. The number of benzene rings is 6. The van der Waals surface area contributed by atoms with Crippen LogP contribution in [0.5, 0.6) is 0 Å². The third-order valence-electron chi connectivity index (χ3n) is 8.58. The number of hydrogen-bond acceptors (Lipinski definition) is 1. The minimum atomic E-state index is 1.11. The van der Waals surface area contributed by atoms with Gasteiger partial charge in [0.25, 0.3) is 0 Å². The van der Waals surface area contributed by atoms with Gasteiger partial charge in [-0.05, 0) is 58.8 Å². The van der Waals surface area contributed by atoms with Crippen molar-refractivity contribution in [3.05, 3.63) is 152 Å². The van der Waals surface area contributed by atoms with Crippen LogP contribution in [0.4, 0.5) is 0 Å². The molecule has 0 N–H and O–H groups in total. The summed E-state index contributed by atoms with van der Waals surface area (Å²) in [6.07, 6.45) is 3.87. The maximum Gasteiger partial charge on any atom is 0.0724 e. The highest BCUT2D eigenvalue weighted by molar-refractivity contribution is 6.20. The van der Waals surface area contributed by atoms with E-state index in [-0.39, 0.29) is 0 Å². The van der Waals surface area contributed by atoms with E-state index in [1.807, 2.05) is 12.4 Å². The SMILES string of the molecule is c1ccc(-n2c3cnccc3c3cccc(-c4cccc5c4c4ccccc4n5-c4ccc5ccccc5c4)c32)cc1. The van der Waals surface area contributed by atoms with E-state index in [1.165, 1.54) is 65.7 Å². The summed E-state index contributed by atoms with van der Waals surface area (Å²) < 4.78 is 4.78. The topological polar surface area (TPSA) is 22.8 Å². The minimum Gasteiger partial charge on any atom is -0.309 e. The Morgan fingerprint density at radius 1 is 0.429 bits per heavy atom. The van der Waals surface area contributed by atoms with Crippen molar-refractivity contribution in [3.8, 4) is 22.5 Å². The van der Waals surface area contributed by atoms with Crippen LogP contribution in [0.25, 0.3) is 76.9 Å². The molecular formula is C39H25N3. The van der Waals surface area contributed by atoms with Crippen molar-refractivity contribution in [2.24, 2.45) is 0 Å². The van der Waals surface area contributed by atoms with Gasteiger partial charge in [-0.25, -0.2) is 0 Å². The van der Waals surface area contributed by atoms with Crippen LogP contribution in [0.3, 0.4) is 0 Å². The number of fused-ring (bicyclic) bond motifs is 7. The van der Waals surface area contributed by atoms with Gasteiger partial charge in [-0.1, -0.05) is 97.1 Å². The molecular weight excluding hydrogens is 510 g/mol. The van der Waals surface area contributed by atoms with Crippen LogP contribution < -0.4 is 0 Å². The predicted molar refractivity (Wildman–Crippen MR) is 176 cm³/mol. The van der Waals surface area contributed by atoms with Crippen LogP contribution in [-0.2, 0) is 0 Å². The maximum absolute atomic E-state index is 4.52. The normalized spacial score (nSPS) is 11.8. The lowest BCUT2D eigenvalue weighted by atomic mass is 9.97. The number of para-hydroxylation sites is 3. The summed E-state index contributed by atoms with van der Waals surface area (Å²) >= 11 is 0. The molecule has 0 fully saturated rings. The van der Waals surface area contributed by atoms with Crippen molar-refractivity contribution in [1.82, 2.24) is 14.1 Å². The molecule has 3 heterocycles. The van der Waals surface area contributed by atoms with Gasteiger partial charge in [0.2, 0.25) is 0 Å². The smallest absolute Gasteiger partial charge is 0.0724 e. The molecule has 3 nitrogen and oxygen atoms in total. The Morgan fingerprint density at radius 2 is 1.17 bits per heavy atom. The molecule has 196 valence electrons. The molecule has 0 saturated carbocycles. The summed E-state index contributed by atoms with van der Waals surface area (Å²) in [4.78, 5) is 4.52. The molecule has 6 aromatic carbocycles. The second kappa shape index (κ2) is 8.92. The van der Waals surface area contributed by atoms with Crippen LogP contribution in [0.1, 0.15) is 0 Å². The third kappa shape index (κ3) is 3.25. The number of pyridine rings is 1. The van der Waals surface area contributed by atoms with Crippen molar-refractivity contribution in [1.29, 1.82) is 0 Å². The number of aromatic nitrogens is 3. The molecule has 0 aliphatic heterocycles. The van der Waals surface area contributed by atoms with E-state index in [0.29, 0.717) is 0 Å². The van der Waals surface area contributed by atoms with E-state index in [2.05, 4.69) is 154 Å². The highest BCUT2D eigenvalue weighted by Gasteiger charge is 2.20. The Morgan fingerprint density at radius 3 is 2.10 bits per heavy atom. The first-order valence-corrected chi connectivity index (χ1v) is 14.3. The molecule has 0 spiro atoms. The lowest BCUT2D eigenvalue weighted by Gasteiger charge is -2.13. The summed E-state index contributed by atoms with van der Waals surface area (Å²) in [5.74, 6) is 0. The molecule has 3 heteroatoms. The molecule has 0 unspecified atom stereocenters. The van der Waals surface area contributed by atoms with Gasteiger partial charge in [0.1, 0.15) is 0 Å². The summed E-state index contributed by atoms with van der Waals surface area (Å²) in [6.45, 7) is 0. The Labute approximate surface area is 242 Å². The molecule has 0 saturated heterocycles. The predicted octanol–water partition coefficient (Wildman–Crippen LogP) is 10.1. The van der Waals surface area contributed by atoms with Gasteiger partial charge in [-0.2, -0.15) is 0 Å². The lowest BCUT2D eigenvalue weighted by Crippen LogP contribution is -1.96. The van der Waals surface area contributed by atoms with Gasteiger partial charge in [0.05, 0.1) is 28.3 Å². The van der Waals surface area contributed by atoms with Gasteiger partial charge >= 0.3 is 0 Å². The Hall–Kier alpha value is -5.67. The average molecular weight is 536 g/mol. The molecule has 9 rings (SSSR count). The van der Waals surface area contributed by atoms with Crippen molar-refractivity contribution < 1.29 is 0 Å². The Bertz CT molecular complexity index is 2460. The molecule has 42 heavy (non-hydrogen) atoms. The molecule has 0 radical (unpaired) electrons. The van der Waals surface area contributed by atoms with E-state index >= 15 is 0 Å². The second-order valence-electron chi connectivity index (χ2n) is 10.8.